The van der Waals surface area contributed by atoms with Crippen LogP contribution in [-0.2, 0) is 7.05 Å². The van der Waals surface area contributed by atoms with Gasteiger partial charge in [0, 0.05) is 12.6 Å². The number of rotatable bonds is 9. The van der Waals surface area contributed by atoms with Crippen LogP contribution in [0.1, 0.15) is 24.3 Å². The van der Waals surface area contributed by atoms with E-state index in [0.29, 0.717) is 47.4 Å². The predicted octanol–water partition coefficient (Wildman–Crippen LogP) is 2.94. The van der Waals surface area contributed by atoms with E-state index in [1.165, 1.54) is 10.9 Å². The van der Waals surface area contributed by atoms with Gasteiger partial charge in [0.2, 0.25) is 5.88 Å². The molecule has 0 aliphatic carbocycles. The molecule has 0 aliphatic rings. The third-order valence-corrected chi connectivity index (χ3v) is 4.33. The first-order valence-corrected chi connectivity index (χ1v) is 9.71. The van der Waals surface area contributed by atoms with Gasteiger partial charge in [0.05, 0.1) is 39.3 Å². The minimum Gasteiger partial charge on any atom is -0.497 e. The maximum Gasteiger partial charge on any atom is 0.319 e. The number of anilines is 1. The first-order valence-electron chi connectivity index (χ1n) is 9.71. The molecule has 164 valence electrons. The lowest BCUT2D eigenvalue weighted by molar-refractivity contribution is 0.101. The molecule has 1 N–H and O–H groups in total. The molecular formula is C21H25N5O5. The number of methoxy groups -OCH3 is 2. The molecule has 0 radical (unpaired) electrons. The van der Waals surface area contributed by atoms with Crippen molar-refractivity contribution >= 4 is 11.6 Å². The minimum absolute atomic E-state index is 0.178. The largest absolute Gasteiger partial charge is 0.497 e. The highest BCUT2D eigenvalue weighted by molar-refractivity contribution is 6.04. The fourth-order valence-electron chi connectivity index (χ4n) is 2.89. The van der Waals surface area contributed by atoms with Gasteiger partial charge in [0.25, 0.3) is 5.91 Å². The van der Waals surface area contributed by atoms with Gasteiger partial charge in [0.1, 0.15) is 22.9 Å². The topological polar surface area (TPSA) is 110 Å². The van der Waals surface area contributed by atoms with Crippen LogP contribution >= 0.6 is 0 Å². The third-order valence-electron chi connectivity index (χ3n) is 4.33. The van der Waals surface area contributed by atoms with Gasteiger partial charge in [-0.15, -0.1) is 0 Å². The fraction of sp³-hybridized carbons (Fsp3) is 0.333. The summed E-state index contributed by atoms with van der Waals surface area (Å²) in [5, 5.41) is 7.24. The van der Waals surface area contributed by atoms with Crippen molar-refractivity contribution in [3.05, 3.63) is 36.2 Å². The first-order chi connectivity index (χ1) is 15.0. The normalized spacial score (nSPS) is 10.5. The Balaban J connectivity index is 1.90. The zero-order valence-corrected chi connectivity index (χ0v) is 18.1. The number of amides is 1. The zero-order valence-electron chi connectivity index (χ0n) is 18.1. The summed E-state index contributed by atoms with van der Waals surface area (Å²) in [6.07, 6.45) is 1.45. The number of ether oxygens (including phenoxy) is 4. The Bertz CT molecular complexity index is 1070. The molecule has 0 unspecified atom stereocenters. The Kier molecular flexibility index (Phi) is 6.91. The quantitative estimate of drug-likeness (QED) is 0.555. The molecule has 10 heteroatoms. The van der Waals surface area contributed by atoms with Gasteiger partial charge >= 0.3 is 6.01 Å². The lowest BCUT2D eigenvalue weighted by atomic mass is 10.1. The molecule has 2 heterocycles. The van der Waals surface area contributed by atoms with E-state index in [4.69, 9.17) is 18.9 Å². The van der Waals surface area contributed by atoms with Crippen molar-refractivity contribution < 1.29 is 23.7 Å². The van der Waals surface area contributed by atoms with Crippen molar-refractivity contribution in [3.63, 3.8) is 0 Å². The minimum atomic E-state index is -0.392. The van der Waals surface area contributed by atoms with Crippen LogP contribution in [0, 0.1) is 0 Å². The summed E-state index contributed by atoms with van der Waals surface area (Å²) in [6, 6.07) is 7.23. The third kappa shape index (κ3) is 4.85. The molecule has 0 atom stereocenters. The average Bonchev–Trinajstić information content (AvgIpc) is 3.17. The Labute approximate surface area is 180 Å². The van der Waals surface area contributed by atoms with E-state index < -0.39 is 5.91 Å². The summed E-state index contributed by atoms with van der Waals surface area (Å²) in [4.78, 5) is 21.2. The van der Waals surface area contributed by atoms with Gasteiger partial charge in [-0.25, -0.2) is 4.98 Å². The number of carbonyl (C=O) groups excluding carboxylic acids is 1. The molecule has 0 spiro atoms. The molecule has 3 rings (SSSR count). The highest BCUT2D eigenvalue weighted by Crippen LogP contribution is 2.33. The number of hydrogen-bond donors (Lipinski definition) is 1. The Hall–Kier alpha value is -3.82. The summed E-state index contributed by atoms with van der Waals surface area (Å²) in [7, 11) is 4.84. The SMILES string of the molecule is CCOc1ncc(NC(=O)c2cc(-c3cc(OC)ccc3OC)nn2C)c(OCC)n1. The number of nitrogens with one attached hydrogen (secondary N) is 1. The lowest BCUT2D eigenvalue weighted by Crippen LogP contribution is -2.17. The first kappa shape index (κ1) is 21.9. The van der Waals surface area contributed by atoms with Gasteiger partial charge in [-0.05, 0) is 38.1 Å². The van der Waals surface area contributed by atoms with Crippen LogP contribution < -0.4 is 24.3 Å². The van der Waals surface area contributed by atoms with E-state index in [9.17, 15) is 4.79 Å². The average molecular weight is 427 g/mol. The van der Waals surface area contributed by atoms with Gasteiger partial charge in [-0.2, -0.15) is 10.1 Å². The number of carbonyl (C=O) groups is 1. The van der Waals surface area contributed by atoms with E-state index >= 15 is 0 Å². The van der Waals surface area contributed by atoms with Crippen molar-refractivity contribution in [2.75, 3.05) is 32.8 Å². The molecule has 0 bridgehead atoms. The molecule has 10 nitrogen and oxygen atoms in total. The van der Waals surface area contributed by atoms with Crippen LogP contribution in [0.25, 0.3) is 11.3 Å². The summed E-state index contributed by atoms with van der Waals surface area (Å²) < 4.78 is 23.0. The summed E-state index contributed by atoms with van der Waals surface area (Å²) >= 11 is 0. The van der Waals surface area contributed by atoms with Crippen molar-refractivity contribution in [1.29, 1.82) is 0 Å². The Morgan fingerprint density at radius 3 is 2.55 bits per heavy atom. The second-order valence-electron chi connectivity index (χ2n) is 6.30. The van der Waals surface area contributed by atoms with Crippen LogP contribution in [-0.4, -0.2) is 53.1 Å². The maximum atomic E-state index is 13.0. The van der Waals surface area contributed by atoms with Crippen molar-refractivity contribution in [1.82, 2.24) is 19.7 Å². The molecule has 3 aromatic rings. The van der Waals surface area contributed by atoms with Gasteiger partial charge < -0.3 is 24.3 Å². The second-order valence-corrected chi connectivity index (χ2v) is 6.30. The van der Waals surface area contributed by atoms with E-state index in [1.807, 2.05) is 13.8 Å². The van der Waals surface area contributed by atoms with Crippen molar-refractivity contribution in [2.45, 2.75) is 13.8 Å². The number of hydrogen-bond acceptors (Lipinski definition) is 8. The van der Waals surface area contributed by atoms with E-state index in [2.05, 4.69) is 20.4 Å². The van der Waals surface area contributed by atoms with Crippen LogP contribution in [0.4, 0.5) is 5.69 Å². The lowest BCUT2D eigenvalue weighted by Gasteiger charge is -2.11. The van der Waals surface area contributed by atoms with Crippen LogP contribution in [0.15, 0.2) is 30.5 Å². The fourth-order valence-corrected chi connectivity index (χ4v) is 2.89. The summed E-state index contributed by atoms with van der Waals surface area (Å²) in [5.41, 5.74) is 1.93. The number of benzene rings is 1. The highest BCUT2D eigenvalue weighted by atomic mass is 16.5. The molecular weight excluding hydrogens is 402 g/mol. The van der Waals surface area contributed by atoms with Crippen LogP contribution in [0.3, 0.4) is 0 Å². The smallest absolute Gasteiger partial charge is 0.319 e. The van der Waals surface area contributed by atoms with Crippen LogP contribution in [0.2, 0.25) is 0 Å². The Morgan fingerprint density at radius 1 is 1.10 bits per heavy atom. The van der Waals surface area contributed by atoms with Crippen molar-refractivity contribution in [2.24, 2.45) is 7.05 Å². The molecule has 2 aromatic heterocycles. The zero-order chi connectivity index (χ0) is 22.4. The molecule has 1 amide bonds. The van der Waals surface area contributed by atoms with E-state index in [-0.39, 0.29) is 11.9 Å². The van der Waals surface area contributed by atoms with Crippen LogP contribution in [0.5, 0.6) is 23.4 Å². The van der Waals surface area contributed by atoms with E-state index in [0.717, 1.165) is 0 Å². The molecule has 0 saturated carbocycles. The number of nitrogens with zero attached hydrogens (tertiary/aromatic N) is 4. The second kappa shape index (κ2) is 9.79. The van der Waals surface area contributed by atoms with Gasteiger partial charge in [0.15, 0.2) is 0 Å². The predicted molar refractivity (Wildman–Crippen MR) is 114 cm³/mol. The summed E-state index contributed by atoms with van der Waals surface area (Å²) in [6.45, 7) is 4.44. The maximum absolute atomic E-state index is 13.0. The Morgan fingerprint density at radius 2 is 1.87 bits per heavy atom. The standard InChI is InChI=1S/C21H25N5O5/c1-6-30-20-16(12-22-21(24-20)31-7-2)23-19(27)17-11-15(25-26(17)3)14-10-13(28-4)8-9-18(14)29-5/h8-12H,6-7H2,1-5H3,(H,23,27). The number of aromatic nitrogens is 4. The number of aryl methyl sites for hydroxylation is 1. The highest BCUT2D eigenvalue weighted by Gasteiger charge is 2.19. The van der Waals surface area contributed by atoms with E-state index in [1.54, 1.807) is 45.5 Å². The molecule has 0 aliphatic heterocycles. The monoisotopic (exact) mass is 427 g/mol. The molecule has 1 aromatic carbocycles. The summed E-state index contributed by atoms with van der Waals surface area (Å²) in [5.74, 6) is 1.10. The van der Waals surface area contributed by atoms with Gasteiger partial charge in [-0.1, -0.05) is 0 Å². The van der Waals surface area contributed by atoms with Gasteiger partial charge in [-0.3, -0.25) is 9.48 Å². The molecule has 31 heavy (non-hydrogen) atoms. The molecule has 0 saturated heterocycles. The molecule has 0 fully saturated rings. The van der Waals surface area contributed by atoms with Crippen molar-refractivity contribution in [3.8, 4) is 34.6 Å².